The quantitative estimate of drug-likeness (QED) is 0.839. The molecule has 22 heavy (non-hydrogen) atoms. The van der Waals surface area contributed by atoms with Crippen molar-refractivity contribution < 1.29 is 13.7 Å². The molecule has 2 rings (SSSR count). The summed E-state index contributed by atoms with van der Waals surface area (Å²) in [5.74, 6) is 1.06. The lowest BCUT2D eigenvalue weighted by Gasteiger charge is -2.14. The maximum atomic E-state index is 12.2. The van der Waals surface area contributed by atoms with E-state index in [1.54, 1.807) is 0 Å². The second kappa shape index (κ2) is 8.32. The fraction of sp³-hybridized carbons (Fsp3) is 0.588. The molecule has 1 fully saturated rings. The molecule has 0 heterocycles. The molecule has 0 aliphatic heterocycles. The molecule has 1 aliphatic carbocycles. The minimum absolute atomic E-state index is 0.0620. The Hall–Kier alpha value is -1.36. The van der Waals surface area contributed by atoms with Crippen molar-refractivity contribution in [2.45, 2.75) is 57.4 Å². The van der Waals surface area contributed by atoms with Crippen molar-refractivity contribution in [2.75, 3.05) is 5.75 Å². The molecule has 0 saturated heterocycles. The van der Waals surface area contributed by atoms with Crippen LogP contribution in [-0.4, -0.2) is 28.0 Å². The van der Waals surface area contributed by atoms with E-state index in [0.717, 1.165) is 24.2 Å². The van der Waals surface area contributed by atoms with E-state index in [9.17, 15) is 9.00 Å². The van der Waals surface area contributed by atoms with E-state index < -0.39 is 10.8 Å². The molecule has 1 amide bonds. The number of ether oxygens (including phenoxy) is 1. The van der Waals surface area contributed by atoms with E-state index in [1.165, 1.54) is 12.8 Å². The largest absolute Gasteiger partial charge is 0.491 e. The summed E-state index contributed by atoms with van der Waals surface area (Å²) in [4.78, 5) is 11.9. The van der Waals surface area contributed by atoms with Crippen LogP contribution in [0.15, 0.2) is 24.3 Å². The van der Waals surface area contributed by atoms with Gasteiger partial charge in [-0.15, -0.1) is 0 Å². The molecule has 0 spiro atoms. The van der Waals surface area contributed by atoms with Gasteiger partial charge in [-0.25, -0.2) is 0 Å². The molecule has 4 nitrogen and oxygen atoms in total. The molecule has 0 radical (unpaired) electrons. The molecule has 1 aromatic rings. The highest BCUT2D eigenvalue weighted by Gasteiger charge is 2.18. The highest BCUT2D eigenvalue weighted by molar-refractivity contribution is 7.84. The Morgan fingerprint density at radius 2 is 2.00 bits per heavy atom. The maximum Gasteiger partial charge on any atom is 0.232 e. The molecule has 122 valence electrons. The van der Waals surface area contributed by atoms with Gasteiger partial charge in [0.25, 0.3) is 0 Å². The molecule has 1 N–H and O–H groups in total. The normalized spacial score (nSPS) is 16.7. The number of carbonyl (C=O) groups is 1. The number of hydrogen-bond acceptors (Lipinski definition) is 3. The van der Waals surface area contributed by atoms with Gasteiger partial charge in [0.05, 0.1) is 11.9 Å². The third kappa shape index (κ3) is 5.44. The van der Waals surface area contributed by atoms with Crippen LogP contribution in [-0.2, 0) is 21.3 Å². The van der Waals surface area contributed by atoms with Gasteiger partial charge < -0.3 is 10.1 Å². The smallest absolute Gasteiger partial charge is 0.232 e. The second-order valence-electron chi connectivity index (χ2n) is 6.05. The van der Waals surface area contributed by atoms with Gasteiger partial charge >= 0.3 is 0 Å². The lowest BCUT2D eigenvalue weighted by atomic mass is 10.2. The van der Waals surface area contributed by atoms with Crippen LogP contribution in [0.3, 0.4) is 0 Å². The van der Waals surface area contributed by atoms with Crippen LogP contribution < -0.4 is 10.1 Å². The first kappa shape index (κ1) is 17.0. The van der Waals surface area contributed by atoms with Gasteiger partial charge in [-0.1, -0.05) is 31.0 Å². The number of hydrogen-bond donors (Lipinski definition) is 1. The Bertz CT molecular complexity index is 524. The Kier molecular flexibility index (Phi) is 6.43. The fourth-order valence-corrected chi connectivity index (χ4v) is 3.77. The molecule has 1 saturated carbocycles. The van der Waals surface area contributed by atoms with Gasteiger partial charge in [0.2, 0.25) is 5.91 Å². The van der Waals surface area contributed by atoms with Crippen LogP contribution in [0.2, 0.25) is 0 Å². The zero-order chi connectivity index (χ0) is 15.9. The number of rotatable bonds is 7. The van der Waals surface area contributed by atoms with Crippen molar-refractivity contribution >= 4 is 16.7 Å². The summed E-state index contributed by atoms with van der Waals surface area (Å²) >= 11 is 0. The summed E-state index contributed by atoms with van der Waals surface area (Å²) in [7, 11) is -1.22. The van der Waals surface area contributed by atoms with Gasteiger partial charge in [0, 0.05) is 22.4 Å². The Labute approximate surface area is 135 Å². The molecular weight excluding hydrogens is 298 g/mol. The average molecular weight is 323 g/mol. The van der Waals surface area contributed by atoms with Crippen molar-refractivity contribution in [2.24, 2.45) is 0 Å². The monoisotopic (exact) mass is 323 g/mol. The fourth-order valence-electron chi connectivity index (χ4n) is 2.70. The molecule has 5 heteroatoms. The molecule has 1 aliphatic rings. The summed E-state index contributed by atoms with van der Waals surface area (Å²) < 4.78 is 18.0. The van der Waals surface area contributed by atoms with Crippen LogP contribution in [0.25, 0.3) is 0 Å². The topological polar surface area (TPSA) is 55.4 Å². The van der Waals surface area contributed by atoms with Crippen LogP contribution in [0.4, 0.5) is 0 Å². The zero-order valence-electron chi connectivity index (χ0n) is 13.3. The SMILES string of the molecule is CC(C)Oc1ccccc1CS(=O)CC(=O)NC1CCCC1. The van der Waals surface area contributed by atoms with E-state index in [0.29, 0.717) is 5.75 Å². The van der Waals surface area contributed by atoms with Crippen LogP contribution in [0.1, 0.15) is 45.1 Å². The van der Waals surface area contributed by atoms with Gasteiger partial charge in [-0.3, -0.25) is 9.00 Å². The lowest BCUT2D eigenvalue weighted by molar-refractivity contribution is -0.119. The minimum Gasteiger partial charge on any atom is -0.491 e. The number of carbonyl (C=O) groups excluding carboxylic acids is 1. The standard InChI is InChI=1S/C17H25NO3S/c1-13(2)21-16-10-6-3-7-14(16)11-22(20)12-17(19)18-15-8-4-5-9-15/h3,6-7,10,13,15H,4-5,8-9,11-12H2,1-2H3,(H,18,19). The third-order valence-corrected chi connectivity index (χ3v) is 4.88. The summed E-state index contributed by atoms with van der Waals surface area (Å²) in [5, 5.41) is 2.98. The predicted molar refractivity (Wildman–Crippen MR) is 89.3 cm³/mol. The highest BCUT2D eigenvalue weighted by atomic mass is 32.2. The maximum absolute atomic E-state index is 12.2. The third-order valence-electron chi connectivity index (χ3n) is 3.66. The van der Waals surface area contributed by atoms with Gasteiger partial charge in [-0.05, 0) is 32.8 Å². The first-order valence-corrected chi connectivity index (χ1v) is 9.42. The van der Waals surface area contributed by atoms with Crippen molar-refractivity contribution in [1.82, 2.24) is 5.32 Å². The van der Waals surface area contributed by atoms with Crippen LogP contribution in [0.5, 0.6) is 5.75 Å². The molecule has 1 unspecified atom stereocenters. The van der Waals surface area contributed by atoms with E-state index >= 15 is 0 Å². The Morgan fingerprint density at radius 3 is 2.68 bits per heavy atom. The number of amides is 1. The first-order valence-electron chi connectivity index (χ1n) is 7.93. The highest BCUT2D eigenvalue weighted by Crippen LogP contribution is 2.21. The molecule has 1 atom stereocenters. The number of benzene rings is 1. The van der Waals surface area contributed by atoms with E-state index in [2.05, 4.69) is 5.32 Å². The summed E-state index contributed by atoms with van der Waals surface area (Å²) in [6.07, 6.45) is 4.51. The van der Waals surface area contributed by atoms with Crippen molar-refractivity contribution in [3.05, 3.63) is 29.8 Å². The van der Waals surface area contributed by atoms with Crippen molar-refractivity contribution in [3.8, 4) is 5.75 Å². The van der Waals surface area contributed by atoms with E-state index in [-0.39, 0.29) is 23.8 Å². The predicted octanol–water partition coefficient (Wildman–Crippen LogP) is 2.78. The van der Waals surface area contributed by atoms with Gasteiger partial charge in [0.1, 0.15) is 11.5 Å². The Morgan fingerprint density at radius 1 is 1.32 bits per heavy atom. The van der Waals surface area contributed by atoms with Crippen LogP contribution >= 0.6 is 0 Å². The Balaban J connectivity index is 1.87. The van der Waals surface area contributed by atoms with Crippen molar-refractivity contribution in [3.63, 3.8) is 0 Å². The second-order valence-corrected chi connectivity index (χ2v) is 7.51. The molecule has 0 bridgehead atoms. The molecule has 0 aromatic heterocycles. The number of nitrogens with one attached hydrogen (secondary N) is 1. The summed E-state index contributed by atoms with van der Waals surface area (Å²) in [5.41, 5.74) is 0.892. The summed E-state index contributed by atoms with van der Waals surface area (Å²) in [6.45, 7) is 3.92. The molecular formula is C17H25NO3S. The van der Waals surface area contributed by atoms with Crippen LogP contribution in [0, 0.1) is 0 Å². The minimum atomic E-state index is -1.22. The zero-order valence-corrected chi connectivity index (χ0v) is 14.2. The van der Waals surface area contributed by atoms with Crippen molar-refractivity contribution in [1.29, 1.82) is 0 Å². The number of para-hydroxylation sites is 1. The summed E-state index contributed by atoms with van der Waals surface area (Å²) in [6, 6.07) is 7.87. The van der Waals surface area contributed by atoms with Gasteiger partial charge in [-0.2, -0.15) is 0 Å². The van der Waals surface area contributed by atoms with E-state index in [4.69, 9.17) is 4.74 Å². The lowest BCUT2D eigenvalue weighted by Crippen LogP contribution is -2.35. The average Bonchev–Trinajstić information content (AvgIpc) is 2.93. The van der Waals surface area contributed by atoms with Gasteiger partial charge in [0.15, 0.2) is 0 Å². The first-order chi connectivity index (χ1) is 10.5. The molecule has 1 aromatic carbocycles. The van der Waals surface area contributed by atoms with E-state index in [1.807, 2.05) is 38.1 Å².